The van der Waals surface area contributed by atoms with Gasteiger partial charge in [0.15, 0.2) is 0 Å². The van der Waals surface area contributed by atoms with Crippen LogP contribution in [0, 0.1) is 11.3 Å². The second-order valence-electron chi connectivity index (χ2n) is 4.44. The van der Waals surface area contributed by atoms with Gasteiger partial charge in [0.25, 0.3) is 0 Å². The lowest BCUT2D eigenvalue weighted by atomic mass is 9.99. The molecule has 4 heteroatoms. The van der Waals surface area contributed by atoms with E-state index in [0.29, 0.717) is 12.3 Å². The van der Waals surface area contributed by atoms with Gasteiger partial charge in [-0.15, -0.1) is 11.3 Å². The van der Waals surface area contributed by atoms with Crippen LogP contribution in [-0.2, 0) is 6.42 Å². The van der Waals surface area contributed by atoms with Crippen molar-refractivity contribution in [1.82, 2.24) is 9.88 Å². The molecule has 0 radical (unpaired) electrons. The number of likely N-dealkylation sites (tertiary alicyclic amines) is 1. The summed E-state index contributed by atoms with van der Waals surface area (Å²) >= 11 is 1.76. The number of aryl methyl sites for hydroxylation is 1. The lowest BCUT2D eigenvalue weighted by Gasteiger charge is -2.28. The fourth-order valence-corrected chi connectivity index (χ4v) is 3.16. The van der Waals surface area contributed by atoms with E-state index in [9.17, 15) is 0 Å². The molecule has 1 aliphatic heterocycles. The number of aromatic nitrogens is 1. The molecule has 16 heavy (non-hydrogen) atoms. The standard InChI is InChI=1S/C12H17N3S/c1-15-7-3-4-10(8-15)12-14-11(9-16-12)5-2-6-13/h9-10H,2-5,7-8H2,1H3. The Bertz CT molecular complexity index is 380. The van der Waals surface area contributed by atoms with Crippen LogP contribution in [0.4, 0.5) is 0 Å². The van der Waals surface area contributed by atoms with E-state index in [1.165, 1.54) is 24.4 Å². The zero-order valence-corrected chi connectivity index (χ0v) is 10.5. The Hall–Kier alpha value is -0.920. The Kier molecular flexibility index (Phi) is 3.92. The fourth-order valence-electron chi connectivity index (χ4n) is 2.18. The fraction of sp³-hybridized carbons (Fsp3) is 0.667. The summed E-state index contributed by atoms with van der Waals surface area (Å²) in [6.45, 7) is 2.34. The molecule has 0 N–H and O–H groups in total. The molecule has 1 aromatic heterocycles. The average molecular weight is 235 g/mol. The van der Waals surface area contributed by atoms with Crippen LogP contribution in [0.25, 0.3) is 0 Å². The first-order chi connectivity index (χ1) is 7.79. The minimum Gasteiger partial charge on any atom is -0.306 e. The Labute approximate surface area is 101 Å². The minimum atomic E-state index is 0.577. The zero-order chi connectivity index (χ0) is 11.4. The molecule has 3 nitrogen and oxygen atoms in total. The Balaban J connectivity index is 1.98. The molecule has 0 saturated carbocycles. The van der Waals surface area contributed by atoms with Gasteiger partial charge in [-0.25, -0.2) is 4.98 Å². The molecule has 0 amide bonds. The lowest BCUT2D eigenvalue weighted by Crippen LogP contribution is -2.30. The van der Waals surface area contributed by atoms with Gasteiger partial charge >= 0.3 is 0 Å². The molecule has 2 heterocycles. The smallest absolute Gasteiger partial charge is 0.0972 e. The second-order valence-corrected chi connectivity index (χ2v) is 5.33. The maximum absolute atomic E-state index is 8.54. The minimum absolute atomic E-state index is 0.577. The number of likely N-dealkylation sites (N-methyl/N-ethyl adjacent to an activating group) is 1. The van der Waals surface area contributed by atoms with E-state index >= 15 is 0 Å². The van der Waals surface area contributed by atoms with Crippen molar-refractivity contribution in [3.8, 4) is 6.07 Å². The molecule has 2 rings (SSSR count). The summed E-state index contributed by atoms with van der Waals surface area (Å²) in [5, 5.41) is 11.9. The second kappa shape index (κ2) is 5.42. The van der Waals surface area contributed by atoms with Crippen LogP contribution in [0.15, 0.2) is 5.38 Å². The van der Waals surface area contributed by atoms with Gasteiger partial charge in [0.05, 0.1) is 16.8 Å². The maximum Gasteiger partial charge on any atom is 0.0972 e. The highest BCUT2D eigenvalue weighted by atomic mass is 32.1. The predicted molar refractivity (Wildman–Crippen MR) is 65.5 cm³/mol. The summed E-state index contributed by atoms with van der Waals surface area (Å²) in [6, 6.07) is 2.17. The average Bonchev–Trinajstić information content (AvgIpc) is 2.75. The summed E-state index contributed by atoms with van der Waals surface area (Å²) in [4.78, 5) is 7.03. The third-order valence-electron chi connectivity index (χ3n) is 3.04. The molecule has 86 valence electrons. The Morgan fingerprint density at radius 3 is 3.31 bits per heavy atom. The monoisotopic (exact) mass is 235 g/mol. The molecular weight excluding hydrogens is 218 g/mol. The van der Waals surface area contributed by atoms with E-state index in [-0.39, 0.29) is 0 Å². The number of piperidine rings is 1. The molecule has 1 saturated heterocycles. The van der Waals surface area contributed by atoms with Crippen molar-refractivity contribution in [3.63, 3.8) is 0 Å². The van der Waals surface area contributed by atoms with Crippen molar-refractivity contribution < 1.29 is 0 Å². The summed E-state index contributed by atoms with van der Waals surface area (Å²) in [5.41, 5.74) is 1.09. The quantitative estimate of drug-likeness (QED) is 0.807. The Morgan fingerprint density at radius 2 is 2.56 bits per heavy atom. The van der Waals surface area contributed by atoms with Gasteiger partial charge in [0.1, 0.15) is 0 Å². The summed E-state index contributed by atoms with van der Waals surface area (Å²) in [6.07, 6.45) is 3.91. The molecule has 0 aliphatic carbocycles. The highest BCUT2D eigenvalue weighted by molar-refractivity contribution is 7.09. The topological polar surface area (TPSA) is 39.9 Å². The third-order valence-corrected chi connectivity index (χ3v) is 4.09. The van der Waals surface area contributed by atoms with Gasteiger partial charge in [-0.05, 0) is 26.4 Å². The molecule has 0 spiro atoms. The first-order valence-corrected chi connectivity index (χ1v) is 6.67. The first-order valence-electron chi connectivity index (χ1n) is 5.79. The number of nitriles is 1. The van der Waals surface area contributed by atoms with Crippen LogP contribution in [0.2, 0.25) is 0 Å². The molecular formula is C12H17N3S. The number of hydrogen-bond acceptors (Lipinski definition) is 4. The lowest BCUT2D eigenvalue weighted by molar-refractivity contribution is 0.250. The van der Waals surface area contributed by atoms with E-state index in [1.54, 1.807) is 11.3 Å². The van der Waals surface area contributed by atoms with E-state index < -0.39 is 0 Å². The van der Waals surface area contributed by atoms with E-state index in [2.05, 4.69) is 28.4 Å². The molecule has 1 aromatic rings. The zero-order valence-electron chi connectivity index (χ0n) is 9.65. The number of thiazole rings is 1. The van der Waals surface area contributed by atoms with Gasteiger partial charge in [-0.2, -0.15) is 5.26 Å². The van der Waals surface area contributed by atoms with Gasteiger partial charge in [-0.3, -0.25) is 0 Å². The third kappa shape index (κ3) is 2.81. The summed E-state index contributed by atoms with van der Waals surface area (Å²) in [7, 11) is 2.18. The molecule has 1 atom stereocenters. The van der Waals surface area contributed by atoms with Crippen LogP contribution in [0.1, 0.15) is 35.9 Å². The first kappa shape index (κ1) is 11.6. The van der Waals surface area contributed by atoms with Gasteiger partial charge in [0, 0.05) is 30.7 Å². The number of hydrogen-bond donors (Lipinski definition) is 0. The molecule has 0 bridgehead atoms. The normalized spacial score (nSPS) is 21.9. The predicted octanol–water partition coefficient (Wildman–Crippen LogP) is 2.41. The highest BCUT2D eigenvalue weighted by Crippen LogP contribution is 2.28. The van der Waals surface area contributed by atoms with Gasteiger partial charge in [-0.1, -0.05) is 0 Å². The number of rotatable bonds is 3. The van der Waals surface area contributed by atoms with E-state index in [0.717, 1.165) is 18.7 Å². The van der Waals surface area contributed by atoms with Crippen molar-refractivity contribution in [3.05, 3.63) is 16.1 Å². The van der Waals surface area contributed by atoms with Crippen LogP contribution in [0.3, 0.4) is 0 Å². The molecule has 1 fully saturated rings. The van der Waals surface area contributed by atoms with Crippen LogP contribution in [-0.4, -0.2) is 30.0 Å². The van der Waals surface area contributed by atoms with Crippen molar-refractivity contribution in [2.75, 3.05) is 20.1 Å². The molecule has 1 unspecified atom stereocenters. The molecule has 1 aliphatic rings. The van der Waals surface area contributed by atoms with E-state index in [1.807, 2.05) is 0 Å². The van der Waals surface area contributed by atoms with Crippen LogP contribution < -0.4 is 0 Å². The summed E-state index contributed by atoms with van der Waals surface area (Å²) in [5.74, 6) is 0.611. The van der Waals surface area contributed by atoms with Crippen LogP contribution >= 0.6 is 11.3 Å². The Morgan fingerprint density at radius 1 is 1.69 bits per heavy atom. The van der Waals surface area contributed by atoms with Gasteiger partial charge < -0.3 is 4.90 Å². The van der Waals surface area contributed by atoms with Crippen molar-refractivity contribution in [1.29, 1.82) is 5.26 Å². The maximum atomic E-state index is 8.54. The number of nitrogens with zero attached hydrogens (tertiary/aromatic N) is 3. The van der Waals surface area contributed by atoms with Crippen molar-refractivity contribution in [2.24, 2.45) is 0 Å². The largest absolute Gasteiger partial charge is 0.306 e. The van der Waals surface area contributed by atoms with Crippen LogP contribution in [0.5, 0.6) is 0 Å². The van der Waals surface area contributed by atoms with Crippen molar-refractivity contribution in [2.45, 2.75) is 31.6 Å². The van der Waals surface area contributed by atoms with E-state index in [4.69, 9.17) is 5.26 Å². The molecule has 0 aromatic carbocycles. The van der Waals surface area contributed by atoms with Gasteiger partial charge in [0.2, 0.25) is 0 Å². The highest BCUT2D eigenvalue weighted by Gasteiger charge is 2.21. The van der Waals surface area contributed by atoms with Crippen molar-refractivity contribution >= 4 is 11.3 Å². The summed E-state index contributed by atoms with van der Waals surface area (Å²) < 4.78 is 0. The SMILES string of the molecule is CN1CCCC(c2nc(CCC#N)cs2)C1.